The van der Waals surface area contributed by atoms with E-state index in [2.05, 4.69) is 22.5 Å². The van der Waals surface area contributed by atoms with Crippen molar-refractivity contribution in [3.05, 3.63) is 30.1 Å². The Hall–Kier alpha value is -1.47. The third kappa shape index (κ3) is 11.1. The molecule has 0 fully saturated rings. The number of hydrogen-bond donors (Lipinski definition) is 4. The van der Waals surface area contributed by atoms with Gasteiger partial charge in [-0.2, -0.15) is 0 Å². The van der Waals surface area contributed by atoms with Gasteiger partial charge in [-0.05, 0) is 31.9 Å². The standard InChI is InChI=1S/C16H28N3O5P.C2H6/c1-4-5-6-7-11-18-15(20)19-14(13-9-8-10-17-12-13)16(2,3)24-25(21,22)23;1-2/h8-10,12,14H,4-7,11H2,1-3H3,(H2,18,19,20)(H2,21,22,23);1-2H3. The maximum absolute atomic E-state index is 12.2. The molecule has 1 aromatic heterocycles. The van der Waals surface area contributed by atoms with Gasteiger partial charge in [0.05, 0.1) is 11.6 Å². The van der Waals surface area contributed by atoms with Crippen molar-refractivity contribution < 1.29 is 23.7 Å². The largest absolute Gasteiger partial charge is 0.470 e. The Morgan fingerprint density at radius 1 is 1.30 bits per heavy atom. The summed E-state index contributed by atoms with van der Waals surface area (Å²) in [6, 6.07) is 2.18. The van der Waals surface area contributed by atoms with E-state index in [9.17, 15) is 9.36 Å². The summed E-state index contributed by atoms with van der Waals surface area (Å²) in [4.78, 5) is 34.5. The van der Waals surface area contributed by atoms with E-state index in [4.69, 9.17) is 14.3 Å². The molecule has 2 amide bonds. The molecule has 4 N–H and O–H groups in total. The molecule has 1 atom stereocenters. The summed E-state index contributed by atoms with van der Waals surface area (Å²) in [7, 11) is -4.73. The second-order valence-electron chi connectivity index (χ2n) is 6.37. The first kappa shape index (κ1) is 25.5. The first-order valence-corrected chi connectivity index (χ1v) is 10.9. The zero-order chi connectivity index (χ0) is 20.9. The molecule has 0 spiro atoms. The van der Waals surface area contributed by atoms with Crippen molar-refractivity contribution in [3.63, 3.8) is 0 Å². The van der Waals surface area contributed by atoms with E-state index in [1.807, 2.05) is 13.8 Å². The Balaban J connectivity index is 0.00000326. The van der Waals surface area contributed by atoms with Gasteiger partial charge in [0.2, 0.25) is 0 Å². The average molecular weight is 403 g/mol. The fourth-order valence-corrected chi connectivity index (χ4v) is 3.22. The monoisotopic (exact) mass is 403 g/mol. The Morgan fingerprint density at radius 2 is 1.96 bits per heavy atom. The van der Waals surface area contributed by atoms with Gasteiger partial charge >= 0.3 is 13.9 Å². The summed E-state index contributed by atoms with van der Waals surface area (Å²) in [5, 5.41) is 5.49. The van der Waals surface area contributed by atoms with Crippen LogP contribution in [0.5, 0.6) is 0 Å². The Bertz CT molecular complexity index is 578. The lowest BCUT2D eigenvalue weighted by atomic mass is 9.93. The predicted molar refractivity (Wildman–Crippen MR) is 106 cm³/mol. The van der Waals surface area contributed by atoms with E-state index in [1.54, 1.807) is 18.3 Å². The van der Waals surface area contributed by atoms with Gasteiger partial charge in [0, 0.05) is 18.9 Å². The third-order valence-corrected chi connectivity index (χ3v) is 4.37. The van der Waals surface area contributed by atoms with E-state index in [0.717, 1.165) is 25.7 Å². The fraction of sp³-hybridized carbons (Fsp3) is 0.667. The van der Waals surface area contributed by atoms with Crippen LogP contribution in [0.25, 0.3) is 0 Å². The maximum Gasteiger partial charge on any atom is 0.470 e. The second-order valence-corrected chi connectivity index (χ2v) is 7.53. The van der Waals surface area contributed by atoms with Crippen molar-refractivity contribution in [2.45, 2.75) is 71.9 Å². The highest BCUT2D eigenvalue weighted by Crippen LogP contribution is 2.45. The van der Waals surface area contributed by atoms with Gasteiger partial charge < -0.3 is 20.4 Å². The van der Waals surface area contributed by atoms with Gasteiger partial charge in [0.1, 0.15) is 0 Å². The molecule has 0 saturated heterocycles. The lowest BCUT2D eigenvalue weighted by Gasteiger charge is -2.34. The molecule has 0 aliphatic rings. The number of phosphoric acid groups is 1. The van der Waals surface area contributed by atoms with E-state index in [-0.39, 0.29) is 0 Å². The summed E-state index contributed by atoms with van der Waals surface area (Å²) in [6.07, 6.45) is 7.24. The number of urea groups is 1. The first-order chi connectivity index (χ1) is 12.7. The zero-order valence-corrected chi connectivity index (χ0v) is 17.8. The minimum atomic E-state index is -4.73. The molecule has 156 valence electrons. The molecule has 0 bridgehead atoms. The van der Waals surface area contributed by atoms with Crippen LogP contribution in [0.1, 0.15) is 71.9 Å². The van der Waals surface area contributed by atoms with Crippen LogP contribution in [0.15, 0.2) is 24.5 Å². The number of aromatic nitrogens is 1. The van der Waals surface area contributed by atoms with Gasteiger partial charge in [-0.1, -0.05) is 46.1 Å². The third-order valence-electron chi connectivity index (χ3n) is 3.66. The number of pyridine rings is 1. The Kier molecular flexibility index (Phi) is 12.1. The number of nitrogens with one attached hydrogen (secondary N) is 2. The van der Waals surface area contributed by atoms with Gasteiger partial charge in [0.25, 0.3) is 0 Å². The highest BCUT2D eigenvalue weighted by Gasteiger charge is 2.38. The quantitative estimate of drug-likeness (QED) is 0.347. The molecular formula is C18H34N3O5P. The van der Waals surface area contributed by atoms with Gasteiger partial charge in [-0.25, -0.2) is 9.36 Å². The fourth-order valence-electron chi connectivity index (χ4n) is 2.50. The van der Waals surface area contributed by atoms with Crippen molar-refractivity contribution in [1.29, 1.82) is 0 Å². The van der Waals surface area contributed by atoms with Crippen molar-refractivity contribution >= 4 is 13.9 Å². The Morgan fingerprint density at radius 3 is 2.48 bits per heavy atom. The number of carbonyl (C=O) groups is 1. The number of rotatable bonds is 10. The molecule has 1 heterocycles. The van der Waals surface area contributed by atoms with E-state index in [0.29, 0.717) is 12.1 Å². The smallest absolute Gasteiger partial charge is 0.338 e. The van der Waals surface area contributed by atoms with E-state index in [1.165, 1.54) is 20.0 Å². The summed E-state index contributed by atoms with van der Waals surface area (Å²) in [5.41, 5.74) is -0.760. The van der Waals surface area contributed by atoms with Gasteiger partial charge in [-0.15, -0.1) is 0 Å². The van der Waals surface area contributed by atoms with Crippen molar-refractivity contribution in [2.24, 2.45) is 0 Å². The molecule has 8 nitrogen and oxygen atoms in total. The summed E-state index contributed by atoms with van der Waals surface area (Å²) in [6.45, 7) is 9.66. The second kappa shape index (κ2) is 12.8. The first-order valence-electron chi connectivity index (χ1n) is 9.36. The predicted octanol–water partition coefficient (Wildman–Crippen LogP) is 3.92. The van der Waals surface area contributed by atoms with Crippen LogP contribution in [-0.4, -0.2) is 32.9 Å². The molecule has 9 heteroatoms. The van der Waals surface area contributed by atoms with Crippen molar-refractivity contribution in [2.75, 3.05) is 6.54 Å². The van der Waals surface area contributed by atoms with Crippen LogP contribution in [0.2, 0.25) is 0 Å². The number of unbranched alkanes of at least 4 members (excludes halogenated alkanes) is 3. The van der Waals surface area contributed by atoms with E-state index >= 15 is 0 Å². The van der Waals surface area contributed by atoms with Crippen LogP contribution >= 0.6 is 7.82 Å². The minimum Gasteiger partial charge on any atom is -0.338 e. The molecular weight excluding hydrogens is 369 g/mol. The molecule has 1 aromatic rings. The molecule has 0 aromatic carbocycles. The topological polar surface area (TPSA) is 121 Å². The number of nitrogens with zero attached hydrogens (tertiary/aromatic N) is 1. The summed E-state index contributed by atoms with van der Waals surface area (Å²) in [5.74, 6) is 0. The normalized spacial score (nSPS) is 12.6. The minimum absolute atomic E-state index is 0.423. The van der Waals surface area contributed by atoms with Crippen molar-refractivity contribution in [3.8, 4) is 0 Å². The van der Waals surface area contributed by atoms with E-state index < -0.39 is 25.5 Å². The lowest BCUT2D eigenvalue weighted by Crippen LogP contribution is -2.47. The SMILES string of the molecule is CC.CCCCCCNC(=O)NC(c1cccnc1)C(C)(C)OP(=O)(O)O. The molecule has 1 unspecified atom stereocenters. The molecule has 0 aliphatic heterocycles. The summed E-state index contributed by atoms with van der Waals surface area (Å²) < 4.78 is 16.2. The molecule has 27 heavy (non-hydrogen) atoms. The van der Waals surface area contributed by atoms with Crippen LogP contribution in [0.3, 0.4) is 0 Å². The highest BCUT2D eigenvalue weighted by molar-refractivity contribution is 7.46. The van der Waals surface area contributed by atoms with Gasteiger partial charge in [-0.3, -0.25) is 9.51 Å². The number of carbonyl (C=O) groups excluding carboxylic acids is 1. The molecule has 0 aliphatic carbocycles. The average Bonchev–Trinajstić information content (AvgIpc) is 2.60. The van der Waals surface area contributed by atoms with Gasteiger partial charge in [0.15, 0.2) is 0 Å². The zero-order valence-electron chi connectivity index (χ0n) is 16.9. The Labute approximate surface area is 162 Å². The highest BCUT2D eigenvalue weighted by atomic mass is 31.2. The molecule has 0 radical (unpaired) electrons. The van der Waals surface area contributed by atoms with Crippen molar-refractivity contribution in [1.82, 2.24) is 15.6 Å². The lowest BCUT2D eigenvalue weighted by molar-refractivity contribution is 0.0337. The number of phosphoric ester groups is 1. The van der Waals surface area contributed by atoms with Crippen LogP contribution in [-0.2, 0) is 9.09 Å². The molecule has 0 saturated carbocycles. The number of amides is 2. The molecule has 1 rings (SSSR count). The number of hydrogen-bond acceptors (Lipinski definition) is 4. The van der Waals surface area contributed by atoms with Crippen LogP contribution in [0, 0.1) is 0 Å². The maximum atomic E-state index is 12.2. The van der Waals surface area contributed by atoms with Crippen LogP contribution in [0.4, 0.5) is 4.79 Å². The summed E-state index contributed by atoms with van der Waals surface area (Å²) >= 11 is 0. The van der Waals surface area contributed by atoms with Crippen LogP contribution < -0.4 is 10.6 Å².